The van der Waals surface area contributed by atoms with Crippen LogP contribution >= 0.6 is 11.6 Å². The molecular formula is C14H19ClN2O3. The number of phenolic OH excluding ortho intramolecular Hbond substituents is 1. The van der Waals surface area contributed by atoms with Crippen LogP contribution in [0.3, 0.4) is 0 Å². The number of carbonyl (C=O) groups is 1. The minimum atomic E-state index is -0.348. The Morgan fingerprint density at radius 1 is 1.60 bits per heavy atom. The molecule has 0 bridgehead atoms. The summed E-state index contributed by atoms with van der Waals surface area (Å²) in [5.74, 6) is -0.0927. The van der Waals surface area contributed by atoms with Gasteiger partial charge in [0.25, 0.3) is 0 Å². The number of benzene rings is 1. The summed E-state index contributed by atoms with van der Waals surface area (Å²) in [6.07, 6.45) is 0. The van der Waals surface area contributed by atoms with Gasteiger partial charge in [-0.15, -0.1) is 0 Å². The van der Waals surface area contributed by atoms with Crippen molar-refractivity contribution in [2.45, 2.75) is 19.5 Å². The lowest BCUT2D eigenvalue weighted by molar-refractivity contribution is -0.150. The maximum Gasteiger partial charge on any atom is 0.324 e. The fourth-order valence-corrected chi connectivity index (χ4v) is 2.54. The highest BCUT2D eigenvalue weighted by Crippen LogP contribution is 2.27. The molecule has 110 valence electrons. The second-order valence-corrected chi connectivity index (χ2v) is 5.09. The van der Waals surface area contributed by atoms with E-state index in [9.17, 15) is 9.90 Å². The molecule has 0 aromatic heterocycles. The third-order valence-electron chi connectivity index (χ3n) is 3.37. The van der Waals surface area contributed by atoms with Crippen LogP contribution in [-0.2, 0) is 16.1 Å². The van der Waals surface area contributed by atoms with E-state index >= 15 is 0 Å². The van der Waals surface area contributed by atoms with Gasteiger partial charge in [0, 0.05) is 36.8 Å². The molecule has 6 heteroatoms. The summed E-state index contributed by atoms with van der Waals surface area (Å²) in [5, 5.41) is 13.6. The Balaban J connectivity index is 2.14. The van der Waals surface area contributed by atoms with E-state index in [4.69, 9.17) is 16.3 Å². The number of ether oxygens (including phenoxy) is 1. The standard InChI is InChI=1S/C14H19ClN2O3/c1-2-20-14(19)12-8-16-6-7-17(12)9-10-11(15)4-3-5-13(10)18/h3-5,12,16,18H,2,6-9H2,1H3. The summed E-state index contributed by atoms with van der Waals surface area (Å²) < 4.78 is 5.09. The van der Waals surface area contributed by atoms with E-state index in [-0.39, 0.29) is 17.8 Å². The second kappa shape index (κ2) is 6.92. The third kappa shape index (κ3) is 3.42. The Morgan fingerprint density at radius 2 is 2.40 bits per heavy atom. The lowest BCUT2D eigenvalue weighted by Gasteiger charge is -2.34. The zero-order valence-electron chi connectivity index (χ0n) is 11.4. The van der Waals surface area contributed by atoms with Crippen LogP contribution in [-0.4, -0.2) is 48.3 Å². The SMILES string of the molecule is CCOC(=O)C1CNCCN1Cc1c(O)cccc1Cl. The maximum atomic E-state index is 12.0. The number of nitrogens with zero attached hydrogens (tertiary/aromatic N) is 1. The summed E-state index contributed by atoms with van der Waals surface area (Å²) in [6.45, 7) is 4.62. The third-order valence-corrected chi connectivity index (χ3v) is 3.72. The molecule has 1 aromatic rings. The van der Waals surface area contributed by atoms with E-state index in [1.165, 1.54) is 0 Å². The molecule has 20 heavy (non-hydrogen) atoms. The first kappa shape index (κ1) is 15.1. The van der Waals surface area contributed by atoms with Gasteiger partial charge in [0.05, 0.1) is 6.61 Å². The number of esters is 1. The van der Waals surface area contributed by atoms with Gasteiger partial charge in [0.1, 0.15) is 11.8 Å². The maximum absolute atomic E-state index is 12.0. The number of hydrogen-bond donors (Lipinski definition) is 2. The number of phenols is 1. The van der Waals surface area contributed by atoms with Crippen LogP contribution in [0.2, 0.25) is 5.02 Å². The normalized spacial score (nSPS) is 19.8. The zero-order valence-corrected chi connectivity index (χ0v) is 12.2. The molecule has 1 atom stereocenters. The quantitative estimate of drug-likeness (QED) is 0.823. The molecule has 1 heterocycles. The molecule has 0 amide bonds. The number of rotatable bonds is 4. The largest absolute Gasteiger partial charge is 0.508 e. The molecule has 2 N–H and O–H groups in total. The molecule has 1 fully saturated rings. The summed E-state index contributed by atoms with van der Waals surface area (Å²) in [7, 11) is 0. The number of aromatic hydroxyl groups is 1. The van der Waals surface area contributed by atoms with Crippen LogP contribution in [0.25, 0.3) is 0 Å². The molecule has 0 spiro atoms. The van der Waals surface area contributed by atoms with E-state index in [1.807, 2.05) is 4.90 Å². The van der Waals surface area contributed by atoms with Crippen molar-refractivity contribution in [2.75, 3.05) is 26.2 Å². The van der Waals surface area contributed by atoms with Crippen LogP contribution in [0.15, 0.2) is 18.2 Å². The van der Waals surface area contributed by atoms with Crippen molar-refractivity contribution in [1.82, 2.24) is 10.2 Å². The van der Waals surface area contributed by atoms with Gasteiger partial charge in [-0.25, -0.2) is 0 Å². The molecule has 1 aliphatic heterocycles. The topological polar surface area (TPSA) is 61.8 Å². The van der Waals surface area contributed by atoms with Gasteiger partial charge in [-0.05, 0) is 19.1 Å². The predicted molar refractivity (Wildman–Crippen MR) is 76.8 cm³/mol. The fraction of sp³-hybridized carbons (Fsp3) is 0.500. The van der Waals surface area contributed by atoms with Crippen LogP contribution in [0.5, 0.6) is 5.75 Å². The van der Waals surface area contributed by atoms with Crippen molar-refractivity contribution in [1.29, 1.82) is 0 Å². The van der Waals surface area contributed by atoms with Gasteiger partial charge in [0.15, 0.2) is 0 Å². The molecule has 1 unspecified atom stereocenters. The lowest BCUT2D eigenvalue weighted by atomic mass is 10.1. The highest BCUT2D eigenvalue weighted by Gasteiger charge is 2.30. The Bertz CT molecular complexity index is 461. The van der Waals surface area contributed by atoms with Crippen molar-refractivity contribution in [3.05, 3.63) is 28.8 Å². The Kier molecular flexibility index (Phi) is 5.23. The van der Waals surface area contributed by atoms with Crippen molar-refractivity contribution < 1.29 is 14.6 Å². The molecule has 5 nitrogen and oxygen atoms in total. The van der Waals surface area contributed by atoms with Gasteiger partial charge in [-0.3, -0.25) is 9.69 Å². The van der Waals surface area contributed by atoms with Crippen molar-refractivity contribution in [3.63, 3.8) is 0 Å². The summed E-state index contributed by atoms with van der Waals surface area (Å²) in [6, 6.07) is 4.68. The van der Waals surface area contributed by atoms with Crippen LogP contribution in [0.4, 0.5) is 0 Å². The lowest BCUT2D eigenvalue weighted by Crippen LogP contribution is -2.54. The molecule has 1 saturated heterocycles. The number of nitrogens with one attached hydrogen (secondary N) is 1. The van der Waals surface area contributed by atoms with Crippen LogP contribution < -0.4 is 5.32 Å². The highest BCUT2D eigenvalue weighted by molar-refractivity contribution is 6.31. The van der Waals surface area contributed by atoms with E-state index in [0.717, 1.165) is 6.54 Å². The van der Waals surface area contributed by atoms with Crippen LogP contribution in [0.1, 0.15) is 12.5 Å². The van der Waals surface area contributed by atoms with Crippen molar-refractivity contribution in [2.24, 2.45) is 0 Å². The van der Waals surface area contributed by atoms with Crippen molar-refractivity contribution >= 4 is 17.6 Å². The minimum absolute atomic E-state index is 0.152. The predicted octanol–water partition coefficient (Wildman–Crippen LogP) is 1.38. The number of hydrogen-bond acceptors (Lipinski definition) is 5. The number of carbonyl (C=O) groups excluding carboxylic acids is 1. The number of halogens is 1. The summed E-state index contributed by atoms with van der Waals surface area (Å²) in [4.78, 5) is 14.0. The molecule has 1 aliphatic rings. The van der Waals surface area contributed by atoms with E-state index in [2.05, 4.69) is 5.32 Å². The highest BCUT2D eigenvalue weighted by atomic mass is 35.5. The summed E-state index contributed by atoms with van der Waals surface area (Å²) >= 11 is 6.12. The van der Waals surface area contributed by atoms with Gasteiger partial charge in [-0.2, -0.15) is 0 Å². The molecule has 0 radical (unpaired) electrons. The van der Waals surface area contributed by atoms with Gasteiger partial charge < -0.3 is 15.2 Å². The Morgan fingerprint density at radius 3 is 3.10 bits per heavy atom. The summed E-state index contributed by atoms with van der Waals surface area (Å²) in [5.41, 5.74) is 0.644. The van der Waals surface area contributed by atoms with Crippen LogP contribution in [0, 0.1) is 0 Å². The zero-order chi connectivity index (χ0) is 14.5. The molecule has 1 aromatic carbocycles. The van der Waals surface area contributed by atoms with E-state index in [0.29, 0.717) is 36.8 Å². The molecule has 2 rings (SSSR count). The first-order chi connectivity index (χ1) is 9.63. The minimum Gasteiger partial charge on any atom is -0.508 e. The first-order valence-corrected chi connectivity index (χ1v) is 7.09. The van der Waals surface area contributed by atoms with E-state index < -0.39 is 0 Å². The monoisotopic (exact) mass is 298 g/mol. The Hall–Kier alpha value is -1.30. The van der Waals surface area contributed by atoms with E-state index in [1.54, 1.807) is 25.1 Å². The molecule has 0 saturated carbocycles. The molecule has 0 aliphatic carbocycles. The van der Waals surface area contributed by atoms with Gasteiger partial charge in [0.2, 0.25) is 0 Å². The van der Waals surface area contributed by atoms with Crippen molar-refractivity contribution in [3.8, 4) is 5.75 Å². The first-order valence-electron chi connectivity index (χ1n) is 6.71. The number of piperazine rings is 1. The Labute approximate surface area is 123 Å². The smallest absolute Gasteiger partial charge is 0.324 e. The second-order valence-electron chi connectivity index (χ2n) is 4.68. The molecular weight excluding hydrogens is 280 g/mol. The van der Waals surface area contributed by atoms with Gasteiger partial charge in [-0.1, -0.05) is 17.7 Å². The fourth-order valence-electron chi connectivity index (χ4n) is 2.31. The average molecular weight is 299 g/mol. The average Bonchev–Trinajstić information content (AvgIpc) is 2.44. The van der Waals surface area contributed by atoms with Gasteiger partial charge >= 0.3 is 5.97 Å².